The Labute approximate surface area is 141 Å². The molecule has 0 saturated heterocycles. The Kier molecular flexibility index (Phi) is 3.59. The van der Waals surface area contributed by atoms with Crippen molar-refractivity contribution in [2.75, 3.05) is 0 Å². The van der Waals surface area contributed by atoms with E-state index < -0.39 is 0 Å². The van der Waals surface area contributed by atoms with Gasteiger partial charge in [-0.3, -0.25) is 0 Å². The zero-order valence-corrected chi connectivity index (χ0v) is 13.4. The Morgan fingerprint density at radius 1 is 0.870 bits per heavy atom. The first-order chi connectivity index (χ1) is 11.2. The van der Waals surface area contributed by atoms with E-state index in [0.29, 0.717) is 0 Å². The Hall–Kier alpha value is -2.25. The highest BCUT2D eigenvalue weighted by atomic mass is 35.5. The van der Waals surface area contributed by atoms with Crippen LogP contribution in [0.3, 0.4) is 0 Å². The quantitative estimate of drug-likeness (QED) is 0.579. The predicted molar refractivity (Wildman–Crippen MR) is 95.8 cm³/mol. The molecule has 1 radical (unpaired) electrons. The van der Waals surface area contributed by atoms with Crippen molar-refractivity contribution in [1.82, 2.24) is 0 Å². The summed E-state index contributed by atoms with van der Waals surface area (Å²) in [5.74, 6) is 0.937. The van der Waals surface area contributed by atoms with Crippen molar-refractivity contribution in [3.63, 3.8) is 0 Å². The lowest BCUT2D eigenvalue weighted by molar-refractivity contribution is 0.282. The maximum absolute atomic E-state index is 6.18. The van der Waals surface area contributed by atoms with E-state index in [1.165, 1.54) is 16.7 Å². The van der Waals surface area contributed by atoms with Gasteiger partial charge in [0.15, 0.2) is 0 Å². The maximum Gasteiger partial charge on any atom is 0.130 e. The molecule has 0 aromatic heterocycles. The molecule has 3 aromatic carbocycles. The van der Waals surface area contributed by atoms with Gasteiger partial charge in [0, 0.05) is 17.0 Å². The number of benzene rings is 3. The number of halogens is 1. The Balaban J connectivity index is 1.92. The summed E-state index contributed by atoms with van der Waals surface area (Å²) in [4.78, 5) is 0. The monoisotopic (exact) mass is 319 g/mol. The molecule has 0 saturated carbocycles. The van der Waals surface area contributed by atoms with Crippen molar-refractivity contribution in [3.05, 3.63) is 84.2 Å². The first-order valence-electron chi connectivity index (χ1n) is 7.69. The van der Waals surface area contributed by atoms with Gasteiger partial charge in [0.05, 0.1) is 0 Å². The van der Waals surface area contributed by atoms with E-state index in [9.17, 15) is 0 Å². The molecule has 2 heteroatoms. The molecule has 1 heterocycles. The summed E-state index contributed by atoms with van der Waals surface area (Å²) in [7, 11) is 0. The zero-order valence-electron chi connectivity index (χ0n) is 12.6. The van der Waals surface area contributed by atoms with Gasteiger partial charge in [0.25, 0.3) is 0 Å². The number of hydrogen-bond acceptors (Lipinski definition) is 1. The number of fused-ring (bicyclic) bond motifs is 1. The molecule has 0 N–H and O–H groups in total. The summed E-state index contributed by atoms with van der Waals surface area (Å²) in [6.45, 7) is 4.06. The van der Waals surface area contributed by atoms with Gasteiger partial charge in [-0.1, -0.05) is 54.1 Å². The van der Waals surface area contributed by atoms with Gasteiger partial charge in [-0.25, -0.2) is 0 Å². The van der Waals surface area contributed by atoms with E-state index in [1.54, 1.807) is 0 Å². The van der Waals surface area contributed by atoms with E-state index in [-0.39, 0.29) is 6.10 Å². The summed E-state index contributed by atoms with van der Waals surface area (Å²) in [5.41, 5.74) is 5.75. The highest BCUT2D eigenvalue weighted by Crippen LogP contribution is 2.42. The minimum atomic E-state index is -0.0334. The van der Waals surface area contributed by atoms with Gasteiger partial charge in [0.2, 0.25) is 0 Å². The van der Waals surface area contributed by atoms with E-state index in [0.717, 1.165) is 28.3 Å². The van der Waals surface area contributed by atoms with E-state index in [4.69, 9.17) is 16.3 Å². The first-order valence-corrected chi connectivity index (χ1v) is 8.06. The van der Waals surface area contributed by atoms with Crippen LogP contribution in [0.1, 0.15) is 5.56 Å². The summed E-state index contributed by atoms with van der Waals surface area (Å²) < 4.78 is 5.97. The summed E-state index contributed by atoms with van der Waals surface area (Å²) in [6, 6.07) is 22.7. The Bertz CT molecular complexity index is 855. The molecule has 113 valence electrons. The Morgan fingerprint density at radius 2 is 1.65 bits per heavy atom. The zero-order chi connectivity index (χ0) is 15.8. The molecule has 0 aliphatic carbocycles. The highest BCUT2D eigenvalue weighted by molar-refractivity contribution is 6.30. The van der Waals surface area contributed by atoms with Gasteiger partial charge in [-0.15, -0.1) is 0 Å². The van der Waals surface area contributed by atoms with E-state index >= 15 is 0 Å². The molecule has 23 heavy (non-hydrogen) atoms. The molecular formula is C21H16ClO. The highest BCUT2D eigenvalue weighted by Gasteiger charge is 2.24. The maximum atomic E-state index is 6.18. The fourth-order valence-corrected chi connectivity index (χ4v) is 3.29. The van der Waals surface area contributed by atoms with Gasteiger partial charge in [-0.2, -0.15) is 0 Å². The van der Waals surface area contributed by atoms with Crippen LogP contribution in [-0.4, -0.2) is 6.10 Å². The lowest BCUT2D eigenvalue weighted by atomic mass is 9.94. The van der Waals surface area contributed by atoms with Crippen LogP contribution in [-0.2, 0) is 6.42 Å². The van der Waals surface area contributed by atoms with Crippen LogP contribution in [0.25, 0.3) is 22.3 Å². The third kappa shape index (κ3) is 2.73. The lowest BCUT2D eigenvalue weighted by Gasteiger charge is -2.13. The van der Waals surface area contributed by atoms with Gasteiger partial charge in [-0.05, 0) is 53.4 Å². The third-order valence-electron chi connectivity index (χ3n) is 4.14. The average Bonchev–Trinajstić information content (AvgIpc) is 2.95. The molecule has 1 atom stereocenters. The molecule has 3 aromatic rings. The second-order valence-electron chi connectivity index (χ2n) is 5.83. The molecule has 1 aliphatic heterocycles. The fraction of sp³-hybridized carbons (Fsp3) is 0.0952. The van der Waals surface area contributed by atoms with Crippen LogP contribution in [0.2, 0.25) is 5.02 Å². The molecule has 4 rings (SSSR count). The molecule has 0 amide bonds. The van der Waals surface area contributed by atoms with Crippen LogP contribution < -0.4 is 4.74 Å². The topological polar surface area (TPSA) is 9.23 Å². The third-order valence-corrected chi connectivity index (χ3v) is 4.38. The first kappa shape index (κ1) is 14.3. The van der Waals surface area contributed by atoms with Crippen LogP contribution in [0, 0.1) is 6.92 Å². The predicted octanol–water partition coefficient (Wildman–Crippen LogP) is 5.81. The van der Waals surface area contributed by atoms with Crippen LogP contribution in [0.5, 0.6) is 5.75 Å². The van der Waals surface area contributed by atoms with Crippen molar-refractivity contribution in [1.29, 1.82) is 0 Å². The van der Waals surface area contributed by atoms with Crippen molar-refractivity contribution in [2.24, 2.45) is 0 Å². The molecular weight excluding hydrogens is 304 g/mol. The van der Waals surface area contributed by atoms with Crippen LogP contribution >= 0.6 is 11.6 Å². The summed E-state index contributed by atoms with van der Waals surface area (Å²) >= 11 is 6.18. The SMILES string of the molecule is [CH2]C1Cc2cc(-c3ccccc3)cc(-c3cccc(Cl)c3)c2O1. The van der Waals surface area contributed by atoms with Gasteiger partial charge >= 0.3 is 0 Å². The molecule has 1 aliphatic rings. The van der Waals surface area contributed by atoms with Gasteiger partial charge in [0.1, 0.15) is 11.9 Å². The number of hydrogen-bond donors (Lipinski definition) is 0. The minimum Gasteiger partial charge on any atom is -0.489 e. The summed E-state index contributed by atoms with van der Waals surface area (Å²) in [5, 5.41) is 0.727. The molecule has 0 bridgehead atoms. The molecule has 0 spiro atoms. The normalized spacial score (nSPS) is 16.0. The standard InChI is InChI=1S/C21H16ClO/c1-14-10-18-11-17(15-6-3-2-4-7-15)13-20(21(18)23-14)16-8-5-9-19(22)12-16/h2-9,11-14H,1,10H2. The molecule has 1 unspecified atom stereocenters. The number of rotatable bonds is 2. The second-order valence-corrected chi connectivity index (χ2v) is 6.27. The lowest BCUT2D eigenvalue weighted by Crippen LogP contribution is -2.06. The van der Waals surface area contributed by atoms with Crippen LogP contribution in [0.4, 0.5) is 0 Å². The minimum absolute atomic E-state index is 0.0334. The molecule has 0 fully saturated rings. The van der Waals surface area contributed by atoms with E-state index in [1.807, 2.05) is 24.3 Å². The smallest absolute Gasteiger partial charge is 0.130 e. The molecule has 1 nitrogen and oxygen atoms in total. The second kappa shape index (κ2) is 5.75. The van der Waals surface area contributed by atoms with Gasteiger partial charge < -0.3 is 4.74 Å². The Morgan fingerprint density at radius 3 is 2.43 bits per heavy atom. The fourth-order valence-electron chi connectivity index (χ4n) is 3.10. The van der Waals surface area contributed by atoms with Crippen molar-refractivity contribution >= 4 is 11.6 Å². The van der Waals surface area contributed by atoms with Crippen molar-refractivity contribution in [3.8, 4) is 28.0 Å². The van der Waals surface area contributed by atoms with E-state index in [2.05, 4.69) is 49.4 Å². The van der Waals surface area contributed by atoms with Crippen LogP contribution in [0.15, 0.2) is 66.7 Å². The van der Waals surface area contributed by atoms with Crippen molar-refractivity contribution in [2.45, 2.75) is 12.5 Å². The largest absolute Gasteiger partial charge is 0.489 e. The van der Waals surface area contributed by atoms with Crippen molar-refractivity contribution < 1.29 is 4.74 Å². The number of ether oxygens (including phenoxy) is 1. The summed E-state index contributed by atoms with van der Waals surface area (Å²) in [6.07, 6.45) is 0.804. The average molecular weight is 320 g/mol.